The third-order valence-corrected chi connectivity index (χ3v) is 7.17. The fraction of sp³-hybridized carbons (Fsp3) is 0.312. The van der Waals surface area contributed by atoms with Crippen LogP contribution < -0.4 is 4.72 Å². The smallest absolute Gasteiger partial charge is 0.262 e. The molecule has 1 atom stereocenters. The van der Waals surface area contributed by atoms with E-state index in [1.807, 2.05) is 0 Å². The fourth-order valence-corrected chi connectivity index (χ4v) is 5.67. The fourth-order valence-electron chi connectivity index (χ4n) is 2.74. The Kier molecular flexibility index (Phi) is 4.50. The van der Waals surface area contributed by atoms with Crippen molar-refractivity contribution in [3.63, 3.8) is 0 Å². The highest BCUT2D eigenvalue weighted by atomic mass is 79.9. The molecule has 1 heterocycles. The Morgan fingerprint density at radius 3 is 2.70 bits per heavy atom. The minimum atomic E-state index is -3.69. The highest BCUT2D eigenvalue weighted by Gasteiger charge is 2.26. The number of benzene rings is 1. The van der Waals surface area contributed by atoms with Crippen LogP contribution in [-0.4, -0.2) is 8.42 Å². The van der Waals surface area contributed by atoms with Crippen molar-refractivity contribution in [3.8, 4) is 6.07 Å². The number of nitriles is 1. The Hall–Kier alpha value is -1.36. The van der Waals surface area contributed by atoms with Gasteiger partial charge in [0.2, 0.25) is 0 Å². The molecule has 1 unspecified atom stereocenters. The monoisotopic (exact) mass is 410 g/mol. The minimum Gasteiger partial charge on any atom is -0.269 e. The predicted octanol–water partition coefficient (Wildman–Crippen LogP) is 4.31. The summed E-state index contributed by atoms with van der Waals surface area (Å²) in [6.07, 6.45) is 2.79. The van der Waals surface area contributed by atoms with E-state index in [2.05, 4.69) is 33.6 Å². The number of thiophene rings is 1. The maximum Gasteiger partial charge on any atom is 0.262 e. The summed E-state index contributed by atoms with van der Waals surface area (Å²) in [6, 6.07) is 8.61. The number of anilines is 1. The number of rotatable bonds is 3. The first-order valence-corrected chi connectivity index (χ1v) is 10.3. The van der Waals surface area contributed by atoms with Gasteiger partial charge in [-0.3, -0.25) is 4.72 Å². The maximum atomic E-state index is 12.5. The summed E-state index contributed by atoms with van der Waals surface area (Å²) in [5.74, 6) is 0.573. The van der Waals surface area contributed by atoms with Crippen molar-refractivity contribution >= 4 is 42.3 Å². The number of nitrogens with zero attached hydrogens (tertiary/aromatic N) is 1. The van der Waals surface area contributed by atoms with Gasteiger partial charge in [0.1, 0.15) is 11.1 Å². The Bertz CT molecular complexity index is 880. The van der Waals surface area contributed by atoms with E-state index in [4.69, 9.17) is 0 Å². The van der Waals surface area contributed by atoms with Crippen molar-refractivity contribution in [1.29, 1.82) is 5.26 Å². The van der Waals surface area contributed by atoms with Crippen LogP contribution in [0.1, 0.15) is 29.3 Å². The lowest BCUT2D eigenvalue weighted by atomic mass is 9.89. The maximum absolute atomic E-state index is 12.5. The third-order valence-electron chi connectivity index (χ3n) is 3.97. The molecule has 1 aliphatic carbocycles. The second-order valence-corrected chi connectivity index (χ2v) is 9.43. The summed E-state index contributed by atoms with van der Waals surface area (Å²) in [6.45, 7) is 2.18. The van der Waals surface area contributed by atoms with Gasteiger partial charge in [0.15, 0.2) is 0 Å². The van der Waals surface area contributed by atoms with Gasteiger partial charge in [0.25, 0.3) is 10.0 Å². The van der Waals surface area contributed by atoms with Crippen molar-refractivity contribution in [2.24, 2.45) is 5.92 Å². The van der Waals surface area contributed by atoms with Gasteiger partial charge in [-0.25, -0.2) is 8.42 Å². The van der Waals surface area contributed by atoms with Gasteiger partial charge in [0.05, 0.1) is 10.5 Å². The van der Waals surface area contributed by atoms with Crippen LogP contribution in [0.3, 0.4) is 0 Å². The highest BCUT2D eigenvalue weighted by Crippen LogP contribution is 2.40. The lowest BCUT2D eigenvalue weighted by Gasteiger charge is -2.17. The van der Waals surface area contributed by atoms with Crippen LogP contribution in [0.25, 0.3) is 0 Å². The molecule has 0 bridgehead atoms. The zero-order valence-electron chi connectivity index (χ0n) is 12.5. The second-order valence-electron chi connectivity index (χ2n) is 5.73. The molecular formula is C16H15BrN2O2S2. The highest BCUT2D eigenvalue weighted by molar-refractivity contribution is 9.10. The summed E-state index contributed by atoms with van der Waals surface area (Å²) in [5, 5.41) is 9.89. The van der Waals surface area contributed by atoms with E-state index in [0.717, 1.165) is 34.2 Å². The average molecular weight is 411 g/mol. The molecule has 1 N–H and O–H groups in total. The number of nitrogens with one attached hydrogen (secondary N) is 1. The lowest BCUT2D eigenvalue weighted by Crippen LogP contribution is -2.13. The first kappa shape index (κ1) is 16.5. The molecular weight excluding hydrogens is 396 g/mol. The molecule has 1 aromatic carbocycles. The van der Waals surface area contributed by atoms with Gasteiger partial charge >= 0.3 is 0 Å². The molecule has 7 heteroatoms. The number of hydrogen-bond donors (Lipinski definition) is 1. The largest absolute Gasteiger partial charge is 0.269 e. The van der Waals surface area contributed by atoms with Gasteiger partial charge in [-0.15, -0.1) is 11.3 Å². The molecule has 4 nitrogen and oxygen atoms in total. The van der Waals surface area contributed by atoms with Crippen LogP contribution in [0, 0.1) is 17.2 Å². The van der Waals surface area contributed by atoms with E-state index in [-0.39, 0.29) is 4.90 Å². The third kappa shape index (κ3) is 3.30. The van der Waals surface area contributed by atoms with Crippen molar-refractivity contribution in [2.75, 3.05) is 4.72 Å². The van der Waals surface area contributed by atoms with Crippen molar-refractivity contribution in [1.82, 2.24) is 0 Å². The van der Waals surface area contributed by atoms with Crippen LogP contribution in [0.5, 0.6) is 0 Å². The number of sulfonamides is 1. The molecule has 0 fully saturated rings. The van der Waals surface area contributed by atoms with Gasteiger partial charge in [-0.2, -0.15) is 5.26 Å². The first-order chi connectivity index (χ1) is 10.9. The number of halogens is 1. The summed E-state index contributed by atoms with van der Waals surface area (Å²) in [5.41, 5.74) is 1.50. The lowest BCUT2D eigenvalue weighted by molar-refractivity contribution is 0.507. The Balaban J connectivity index is 1.97. The molecule has 2 aromatic rings. The molecule has 23 heavy (non-hydrogen) atoms. The minimum absolute atomic E-state index is 0.185. The molecule has 0 saturated carbocycles. The topological polar surface area (TPSA) is 70.0 Å². The SMILES string of the molecule is CC1CCc2c(sc(NS(=O)(=O)c3ccc(Br)cc3)c2C#N)C1. The van der Waals surface area contributed by atoms with E-state index >= 15 is 0 Å². The molecule has 120 valence electrons. The number of hydrogen-bond acceptors (Lipinski definition) is 4. The van der Waals surface area contributed by atoms with Gasteiger partial charge in [-0.1, -0.05) is 22.9 Å². The van der Waals surface area contributed by atoms with E-state index < -0.39 is 10.0 Å². The van der Waals surface area contributed by atoms with Crippen molar-refractivity contribution in [2.45, 2.75) is 31.1 Å². The molecule has 0 aliphatic heterocycles. The van der Waals surface area contributed by atoms with E-state index in [9.17, 15) is 13.7 Å². The Morgan fingerprint density at radius 1 is 1.35 bits per heavy atom. The molecule has 1 aromatic heterocycles. The van der Waals surface area contributed by atoms with Crippen LogP contribution in [0.2, 0.25) is 0 Å². The Morgan fingerprint density at radius 2 is 2.04 bits per heavy atom. The zero-order chi connectivity index (χ0) is 16.6. The molecule has 0 saturated heterocycles. The summed E-state index contributed by atoms with van der Waals surface area (Å²) in [7, 11) is -3.69. The molecule has 0 amide bonds. The van der Waals surface area contributed by atoms with Gasteiger partial charge in [0, 0.05) is 9.35 Å². The standard InChI is InChI=1S/C16H15BrN2O2S2/c1-10-2-7-13-14(9-18)16(22-15(13)8-10)19-23(20,21)12-5-3-11(17)4-6-12/h3-6,10,19H,2,7-8H2,1H3. The quantitative estimate of drug-likeness (QED) is 0.819. The van der Waals surface area contributed by atoms with E-state index in [0.29, 0.717) is 16.5 Å². The van der Waals surface area contributed by atoms with Crippen LogP contribution in [-0.2, 0) is 22.9 Å². The second kappa shape index (κ2) is 6.27. The van der Waals surface area contributed by atoms with Gasteiger partial charge < -0.3 is 0 Å². The van der Waals surface area contributed by atoms with Crippen LogP contribution in [0.15, 0.2) is 33.6 Å². The zero-order valence-corrected chi connectivity index (χ0v) is 15.7. The first-order valence-electron chi connectivity index (χ1n) is 7.23. The molecule has 3 rings (SSSR count). The summed E-state index contributed by atoms with van der Waals surface area (Å²) >= 11 is 4.68. The van der Waals surface area contributed by atoms with Crippen molar-refractivity contribution in [3.05, 3.63) is 44.7 Å². The average Bonchev–Trinajstić information content (AvgIpc) is 2.82. The van der Waals surface area contributed by atoms with Crippen LogP contribution in [0.4, 0.5) is 5.00 Å². The van der Waals surface area contributed by atoms with E-state index in [1.54, 1.807) is 12.1 Å². The van der Waals surface area contributed by atoms with Crippen molar-refractivity contribution < 1.29 is 8.42 Å². The molecule has 1 aliphatic rings. The normalized spacial score (nSPS) is 17.3. The Labute approximate surface area is 148 Å². The number of fused-ring (bicyclic) bond motifs is 1. The summed E-state index contributed by atoms with van der Waals surface area (Å²) < 4.78 is 28.5. The summed E-state index contributed by atoms with van der Waals surface area (Å²) in [4.78, 5) is 1.32. The molecule has 0 spiro atoms. The molecule has 0 radical (unpaired) electrons. The van der Waals surface area contributed by atoms with Gasteiger partial charge in [-0.05, 0) is 55.0 Å². The predicted molar refractivity (Wildman–Crippen MR) is 95.2 cm³/mol. The van der Waals surface area contributed by atoms with Crippen LogP contribution >= 0.6 is 27.3 Å². The van der Waals surface area contributed by atoms with E-state index in [1.165, 1.54) is 23.5 Å².